The van der Waals surface area contributed by atoms with E-state index in [0.717, 1.165) is 18.4 Å². The summed E-state index contributed by atoms with van der Waals surface area (Å²) in [5.41, 5.74) is 14.0. The van der Waals surface area contributed by atoms with Gasteiger partial charge in [0, 0.05) is 23.5 Å². The van der Waals surface area contributed by atoms with Crippen LogP contribution in [0.3, 0.4) is 0 Å². The summed E-state index contributed by atoms with van der Waals surface area (Å²) < 4.78 is 28.2. The van der Waals surface area contributed by atoms with Crippen molar-refractivity contribution in [1.82, 2.24) is 9.97 Å². The lowest BCUT2D eigenvalue weighted by Crippen LogP contribution is -2.29. The molecule has 0 spiro atoms. The number of benzene rings is 1. The molecule has 3 rings (SSSR count). The van der Waals surface area contributed by atoms with Gasteiger partial charge in [-0.3, -0.25) is 0 Å². The van der Waals surface area contributed by atoms with E-state index in [2.05, 4.69) is 9.97 Å². The Morgan fingerprint density at radius 1 is 1.26 bits per heavy atom. The molecule has 0 bridgehead atoms. The maximum Gasteiger partial charge on any atom is 0.222 e. The van der Waals surface area contributed by atoms with E-state index in [0.29, 0.717) is 11.4 Å². The normalized spacial score (nSPS) is 20.0. The highest BCUT2D eigenvalue weighted by molar-refractivity contribution is 6.28. The summed E-state index contributed by atoms with van der Waals surface area (Å²) in [7, 11) is 0. The summed E-state index contributed by atoms with van der Waals surface area (Å²) in [4.78, 5) is 8.16. The van der Waals surface area contributed by atoms with Gasteiger partial charge in [0.1, 0.15) is 11.6 Å². The van der Waals surface area contributed by atoms with Gasteiger partial charge in [-0.1, -0.05) is 19.9 Å². The minimum absolute atomic E-state index is 0.00186. The summed E-state index contributed by atoms with van der Waals surface area (Å²) in [5, 5.41) is 0.148. The van der Waals surface area contributed by atoms with Gasteiger partial charge in [-0.15, -0.1) is 0 Å². The number of aromatic nitrogens is 2. The van der Waals surface area contributed by atoms with E-state index >= 15 is 0 Å². The molecular weight excluding hydrogens is 370 g/mol. The summed E-state index contributed by atoms with van der Waals surface area (Å²) in [5.74, 6) is -1.59. The molecule has 4 nitrogen and oxygen atoms in total. The first kappa shape index (κ1) is 19.3. The summed E-state index contributed by atoms with van der Waals surface area (Å²) in [6.45, 7) is 4.06. The fraction of sp³-hybridized carbons (Fsp3) is 0.300. The Balaban J connectivity index is 2.11. The Morgan fingerprint density at radius 2 is 1.93 bits per heavy atom. The Bertz CT molecular complexity index is 917. The van der Waals surface area contributed by atoms with E-state index < -0.39 is 11.6 Å². The predicted molar refractivity (Wildman–Crippen MR) is 103 cm³/mol. The van der Waals surface area contributed by atoms with Crippen LogP contribution in [-0.2, 0) is 0 Å². The molecule has 7 heteroatoms. The van der Waals surface area contributed by atoms with Crippen molar-refractivity contribution in [3.05, 3.63) is 76.0 Å². The van der Waals surface area contributed by atoms with E-state index in [1.165, 1.54) is 18.2 Å². The molecule has 0 radical (unpaired) electrons. The lowest BCUT2D eigenvalue weighted by Gasteiger charge is -2.37. The second kappa shape index (κ2) is 7.27. The van der Waals surface area contributed by atoms with Crippen LogP contribution in [0.5, 0.6) is 0 Å². The fourth-order valence-electron chi connectivity index (χ4n) is 3.50. The van der Waals surface area contributed by atoms with Crippen molar-refractivity contribution >= 4 is 17.3 Å². The molecule has 1 aromatic heterocycles. The number of allylic oxidation sites excluding steroid dienone is 3. The van der Waals surface area contributed by atoms with Gasteiger partial charge >= 0.3 is 0 Å². The van der Waals surface area contributed by atoms with Crippen molar-refractivity contribution in [3.8, 4) is 0 Å². The molecule has 1 atom stereocenters. The second-order valence-corrected chi connectivity index (χ2v) is 7.63. The first-order valence-corrected chi connectivity index (χ1v) is 8.98. The van der Waals surface area contributed by atoms with Gasteiger partial charge in [0.25, 0.3) is 0 Å². The molecule has 1 aromatic carbocycles. The molecule has 142 valence electrons. The van der Waals surface area contributed by atoms with Crippen molar-refractivity contribution in [2.75, 3.05) is 0 Å². The van der Waals surface area contributed by atoms with Crippen molar-refractivity contribution in [2.24, 2.45) is 16.9 Å². The molecule has 2 aromatic rings. The van der Waals surface area contributed by atoms with Crippen LogP contribution in [0.1, 0.15) is 43.9 Å². The molecular formula is C20H21ClF2N4. The monoisotopic (exact) mass is 390 g/mol. The molecule has 0 saturated carbocycles. The number of nitrogens with two attached hydrogens (primary N) is 2. The Morgan fingerprint density at radius 3 is 2.56 bits per heavy atom. The largest absolute Gasteiger partial charge is 0.401 e. The van der Waals surface area contributed by atoms with E-state index in [-0.39, 0.29) is 27.9 Å². The number of rotatable bonds is 3. The van der Waals surface area contributed by atoms with Crippen LogP contribution in [0.2, 0.25) is 5.28 Å². The third-order valence-corrected chi connectivity index (χ3v) is 5.21. The lowest BCUT2D eigenvalue weighted by molar-refractivity contribution is 0.356. The fourth-order valence-corrected chi connectivity index (χ4v) is 3.66. The topological polar surface area (TPSA) is 77.8 Å². The Kier molecular flexibility index (Phi) is 5.20. The highest BCUT2D eigenvalue weighted by atomic mass is 35.5. The summed E-state index contributed by atoms with van der Waals surface area (Å²) in [6, 6.07) is 5.42. The average molecular weight is 391 g/mol. The second-order valence-electron chi connectivity index (χ2n) is 7.29. The van der Waals surface area contributed by atoms with Gasteiger partial charge in [-0.05, 0) is 59.7 Å². The number of nitrogens with zero attached hydrogens (tertiary/aromatic N) is 2. The van der Waals surface area contributed by atoms with Crippen LogP contribution in [0.25, 0.3) is 5.70 Å². The van der Waals surface area contributed by atoms with Gasteiger partial charge in [0.15, 0.2) is 0 Å². The molecule has 0 amide bonds. The highest BCUT2D eigenvalue weighted by Gasteiger charge is 2.34. The number of hydrogen-bond donors (Lipinski definition) is 2. The standard InChI is InChI=1S/C20H21ClF2N4/c1-20(2)8-6-11(16-7-9-26-19(21)27-16)18(25)12(20)10-15(24)17-13(22)4-3-5-14(17)23/h3-5,7,9-11H,6,8,24-25H2,1-2H3/b15-10-. The van der Waals surface area contributed by atoms with Crippen LogP contribution in [0.15, 0.2) is 47.8 Å². The minimum atomic E-state index is -0.712. The van der Waals surface area contributed by atoms with Crippen LogP contribution in [0, 0.1) is 17.0 Å². The third kappa shape index (κ3) is 3.81. The maximum absolute atomic E-state index is 14.1. The molecule has 0 fully saturated rings. The molecule has 1 heterocycles. The molecule has 1 unspecified atom stereocenters. The zero-order chi connectivity index (χ0) is 19.8. The molecule has 0 saturated heterocycles. The van der Waals surface area contributed by atoms with Crippen LogP contribution in [0.4, 0.5) is 8.78 Å². The summed E-state index contributed by atoms with van der Waals surface area (Å²) in [6.07, 6.45) is 4.73. The maximum atomic E-state index is 14.1. The quantitative estimate of drug-likeness (QED) is 0.755. The van der Waals surface area contributed by atoms with Crippen molar-refractivity contribution in [2.45, 2.75) is 32.6 Å². The van der Waals surface area contributed by atoms with Crippen LogP contribution >= 0.6 is 11.6 Å². The first-order valence-electron chi connectivity index (χ1n) is 8.61. The number of hydrogen-bond acceptors (Lipinski definition) is 4. The molecule has 0 aliphatic heterocycles. The SMILES string of the molecule is CC1(C)CCC(c2ccnc(Cl)n2)C(N)=C1/C=C(\N)c1c(F)cccc1F. The first-order chi connectivity index (χ1) is 12.7. The lowest BCUT2D eigenvalue weighted by atomic mass is 9.69. The molecule has 27 heavy (non-hydrogen) atoms. The number of halogens is 3. The average Bonchev–Trinajstić information content (AvgIpc) is 2.58. The summed E-state index contributed by atoms with van der Waals surface area (Å²) >= 11 is 5.91. The van der Waals surface area contributed by atoms with E-state index in [1.54, 1.807) is 18.3 Å². The van der Waals surface area contributed by atoms with Crippen LogP contribution in [-0.4, -0.2) is 9.97 Å². The Hall–Kier alpha value is -2.47. The minimum Gasteiger partial charge on any atom is -0.401 e. The van der Waals surface area contributed by atoms with Gasteiger partial charge in [0.2, 0.25) is 5.28 Å². The van der Waals surface area contributed by atoms with E-state index in [1.807, 2.05) is 13.8 Å². The zero-order valence-corrected chi connectivity index (χ0v) is 15.9. The molecule has 4 N–H and O–H groups in total. The van der Waals surface area contributed by atoms with E-state index in [4.69, 9.17) is 23.1 Å². The van der Waals surface area contributed by atoms with Crippen molar-refractivity contribution in [1.29, 1.82) is 0 Å². The van der Waals surface area contributed by atoms with Crippen molar-refractivity contribution in [3.63, 3.8) is 0 Å². The van der Waals surface area contributed by atoms with Crippen molar-refractivity contribution < 1.29 is 8.78 Å². The third-order valence-electron chi connectivity index (χ3n) is 5.03. The van der Waals surface area contributed by atoms with Gasteiger partial charge < -0.3 is 11.5 Å². The van der Waals surface area contributed by atoms with Gasteiger partial charge in [-0.2, -0.15) is 0 Å². The predicted octanol–water partition coefficient (Wildman–Crippen LogP) is 4.52. The smallest absolute Gasteiger partial charge is 0.222 e. The highest BCUT2D eigenvalue weighted by Crippen LogP contribution is 2.45. The van der Waals surface area contributed by atoms with E-state index in [9.17, 15) is 8.78 Å². The Labute approximate surface area is 162 Å². The zero-order valence-electron chi connectivity index (χ0n) is 15.1. The molecule has 1 aliphatic rings. The van der Waals surface area contributed by atoms with Gasteiger partial charge in [-0.25, -0.2) is 18.7 Å². The molecule has 1 aliphatic carbocycles. The van der Waals surface area contributed by atoms with Crippen LogP contribution < -0.4 is 11.5 Å². The van der Waals surface area contributed by atoms with Gasteiger partial charge in [0.05, 0.1) is 11.3 Å².